The second-order valence-corrected chi connectivity index (χ2v) is 8.55. The predicted molar refractivity (Wildman–Crippen MR) is 102 cm³/mol. The van der Waals surface area contributed by atoms with Gasteiger partial charge in [-0.2, -0.15) is 5.10 Å². The van der Waals surface area contributed by atoms with Gasteiger partial charge in [0.1, 0.15) is 0 Å². The zero-order valence-electron chi connectivity index (χ0n) is 15.1. The van der Waals surface area contributed by atoms with E-state index in [1.807, 2.05) is 17.9 Å². The third-order valence-electron chi connectivity index (χ3n) is 5.10. The molecule has 0 saturated heterocycles. The lowest BCUT2D eigenvalue weighted by molar-refractivity contribution is 0.337. The minimum absolute atomic E-state index is 0.0950. The summed E-state index contributed by atoms with van der Waals surface area (Å²) in [6.45, 7) is 0. The van der Waals surface area contributed by atoms with Crippen LogP contribution in [-0.2, 0) is 23.5 Å². The first-order chi connectivity index (χ1) is 12.4. The molecule has 0 bridgehead atoms. The van der Waals surface area contributed by atoms with Gasteiger partial charge in [-0.1, -0.05) is 43.9 Å². The van der Waals surface area contributed by atoms with Gasteiger partial charge in [-0.3, -0.25) is 4.68 Å². The number of primary sulfonamides is 1. The molecule has 5 nitrogen and oxygen atoms in total. The highest BCUT2D eigenvalue weighted by Crippen LogP contribution is 2.27. The van der Waals surface area contributed by atoms with Crippen molar-refractivity contribution in [2.45, 2.75) is 49.8 Å². The maximum Gasteiger partial charge on any atom is 0.238 e. The Morgan fingerprint density at radius 1 is 1.15 bits per heavy atom. The van der Waals surface area contributed by atoms with Crippen molar-refractivity contribution in [3.8, 4) is 11.8 Å². The Kier molecular flexibility index (Phi) is 5.80. The average molecular weight is 372 g/mol. The van der Waals surface area contributed by atoms with E-state index in [2.05, 4.69) is 16.9 Å². The first kappa shape index (κ1) is 18.7. The molecule has 138 valence electrons. The van der Waals surface area contributed by atoms with E-state index in [1.54, 1.807) is 12.1 Å². The Balaban J connectivity index is 1.71. The summed E-state index contributed by atoms with van der Waals surface area (Å²) < 4.78 is 24.5. The van der Waals surface area contributed by atoms with Gasteiger partial charge in [0.05, 0.1) is 22.3 Å². The van der Waals surface area contributed by atoms with Crippen LogP contribution in [0, 0.1) is 17.8 Å². The van der Waals surface area contributed by atoms with Crippen molar-refractivity contribution in [2.75, 3.05) is 0 Å². The fraction of sp³-hybridized carbons (Fsp3) is 0.450. The second-order valence-electron chi connectivity index (χ2n) is 6.99. The van der Waals surface area contributed by atoms with Crippen LogP contribution in [0.4, 0.5) is 0 Å². The summed E-state index contributed by atoms with van der Waals surface area (Å²) in [5.41, 5.74) is 2.86. The smallest absolute Gasteiger partial charge is 0.238 e. The van der Waals surface area contributed by atoms with Crippen LogP contribution in [0.2, 0.25) is 0 Å². The number of rotatable bonds is 4. The van der Waals surface area contributed by atoms with Gasteiger partial charge in [-0.05, 0) is 43.0 Å². The largest absolute Gasteiger partial charge is 0.271 e. The van der Waals surface area contributed by atoms with Crippen molar-refractivity contribution < 1.29 is 8.42 Å². The van der Waals surface area contributed by atoms with E-state index in [-0.39, 0.29) is 4.90 Å². The molecule has 3 rings (SSSR count). The number of sulfonamides is 1. The molecule has 1 saturated carbocycles. The topological polar surface area (TPSA) is 78.0 Å². The molecule has 1 aromatic heterocycles. The summed E-state index contributed by atoms with van der Waals surface area (Å²) in [4.78, 5) is 0.0950. The zero-order valence-corrected chi connectivity index (χ0v) is 15.9. The quantitative estimate of drug-likeness (QED) is 0.839. The van der Waals surface area contributed by atoms with Crippen LogP contribution in [0.15, 0.2) is 35.4 Å². The van der Waals surface area contributed by atoms with Crippen LogP contribution in [0.25, 0.3) is 0 Å². The number of benzene rings is 1. The van der Waals surface area contributed by atoms with Gasteiger partial charge in [0.2, 0.25) is 10.0 Å². The molecule has 1 aromatic carbocycles. The summed E-state index contributed by atoms with van der Waals surface area (Å²) in [5, 5.41) is 9.47. The molecule has 1 fully saturated rings. The van der Waals surface area contributed by atoms with Crippen molar-refractivity contribution in [3.05, 3.63) is 47.3 Å². The number of aryl methyl sites for hydroxylation is 1. The van der Waals surface area contributed by atoms with Crippen molar-refractivity contribution in [1.82, 2.24) is 9.78 Å². The van der Waals surface area contributed by atoms with E-state index in [1.165, 1.54) is 56.4 Å². The molecule has 0 spiro atoms. The van der Waals surface area contributed by atoms with E-state index in [9.17, 15) is 8.42 Å². The van der Waals surface area contributed by atoms with E-state index in [0.29, 0.717) is 0 Å². The standard InChI is InChI=1S/C20H25N3O2S/c1-23-20(14-10-16-5-3-2-4-6-16)18(15-22-23)11-7-17-8-12-19(13-9-17)26(21,24)25/h8-9,12-13,15-16H,2-6,10,14H2,1H3,(H2,21,24,25). The van der Waals surface area contributed by atoms with Gasteiger partial charge in [-0.25, -0.2) is 13.6 Å². The molecule has 1 aliphatic carbocycles. The normalized spacial score (nSPS) is 15.5. The summed E-state index contributed by atoms with van der Waals surface area (Å²) >= 11 is 0. The van der Waals surface area contributed by atoms with Crippen LogP contribution in [-0.4, -0.2) is 18.2 Å². The molecule has 2 aromatic rings. The maximum absolute atomic E-state index is 11.3. The van der Waals surface area contributed by atoms with Crippen molar-refractivity contribution >= 4 is 10.0 Å². The van der Waals surface area contributed by atoms with E-state index in [4.69, 9.17) is 5.14 Å². The Bertz CT molecular complexity index is 912. The van der Waals surface area contributed by atoms with Crippen molar-refractivity contribution in [3.63, 3.8) is 0 Å². The highest BCUT2D eigenvalue weighted by Gasteiger charge is 2.15. The van der Waals surface area contributed by atoms with Gasteiger partial charge in [0, 0.05) is 12.6 Å². The minimum Gasteiger partial charge on any atom is -0.271 e. The van der Waals surface area contributed by atoms with Gasteiger partial charge >= 0.3 is 0 Å². The molecule has 0 aliphatic heterocycles. The molecule has 0 atom stereocenters. The Morgan fingerprint density at radius 2 is 1.85 bits per heavy atom. The molecule has 6 heteroatoms. The molecular weight excluding hydrogens is 346 g/mol. The first-order valence-electron chi connectivity index (χ1n) is 9.09. The lowest BCUT2D eigenvalue weighted by Gasteiger charge is -2.21. The first-order valence-corrected chi connectivity index (χ1v) is 10.6. The van der Waals surface area contributed by atoms with Crippen LogP contribution in [0.1, 0.15) is 55.3 Å². The fourth-order valence-electron chi connectivity index (χ4n) is 3.55. The molecule has 0 radical (unpaired) electrons. The summed E-state index contributed by atoms with van der Waals surface area (Å²) in [7, 11) is -1.71. The third kappa shape index (κ3) is 4.75. The number of aromatic nitrogens is 2. The molecule has 1 aliphatic rings. The lowest BCUT2D eigenvalue weighted by Crippen LogP contribution is -2.11. The van der Waals surface area contributed by atoms with Crippen molar-refractivity contribution in [1.29, 1.82) is 0 Å². The number of hydrogen-bond acceptors (Lipinski definition) is 3. The van der Waals surface area contributed by atoms with Gasteiger partial charge in [-0.15, -0.1) is 0 Å². The SMILES string of the molecule is Cn1ncc(C#Cc2ccc(S(N)(=O)=O)cc2)c1CCC1CCCCC1. The highest BCUT2D eigenvalue weighted by molar-refractivity contribution is 7.89. The Labute approximate surface area is 155 Å². The molecular formula is C20H25N3O2S. The van der Waals surface area contributed by atoms with Crippen LogP contribution < -0.4 is 5.14 Å². The number of hydrogen-bond donors (Lipinski definition) is 1. The van der Waals surface area contributed by atoms with Gasteiger partial charge in [0.25, 0.3) is 0 Å². The van der Waals surface area contributed by atoms with Crippen molar-refractivity contribution in [2.24, 2.45) is 18.1 Å². The lowest BCUT2D eigenvalue weighted by atomic mass is 9.85. The maximum atomic E-state index is 11.3. The zero-order chi connectivity index (χ0) is 18.6. The molecule has 1 heterocycles. The molecule has 26 heavy (non-hydrogen) atoms. The average Bonchev–Trinajstić information content (AvgIpc) is 2.98. The Hall–Kier alpha value is -2.10. The summed E-state index contributed by atoms with van der Waals surface area (Å²) in [6, 6.07) is 6.30. The second kappa shape index (κ2) is 8.07. The van der Waals surface area contributed by atoms with E-state index >= 15 is 0 Å². The van der Waals surface area contributed by atoms with Gasteiger partial charge < -0.3 is 0 Å². The number of nitrogens with zero attached hydrogens (tertiary/aromatic N) is 2. The monoisotopic (exact) mass is 371 g/mol. The highest BCUT2D eigenvalue weighted by atomic mass is 32.2. The summed E-state index contributed by atoms with van der Waals surface area (Å²) in [5.74, 6) is 7.10. The third-order valence-corrected chi connectivity index (χ3v) is 6.03. The summed E-state index contributed by atoms with van der Waals surface area (Å²) in [6.07, 6.45) is 10.8. The Morgan fingerprint density at radius 3 is 2.50 bits per heavy atom. The number of nitrogens with two attached hydrogens (primary N) is 1. The van der Waals surface area contributed by atoms with E-state index < -0.39 is 10.0 Å². The van der Waals surface area contributed by atoms with Crippen LogP contribution in [0.5, 0.6) is 0 Å². The van der Waals surface area contributed by atoms with Gasteiger partial charge in [0.15, 0.2) is 0 Å². The van der Waals surface area contributed by atoms with E-state index in [0.717, 1.165) is 23.5 Å². The molecule has 0 unspecified atom stereocenters. The molecule has 0 amide bonds. The fourth-order valence-corrected chi connectivity index (χ4v) is 4.06. The predicted octanol–water partition coefficient (Wildman–Crippen LogP) is 2.98. The van der Waals surface area contributed by atoms with Crippen LogP contribution >= 0.6 is 0 Å². The minimum atomic E-state index is -3.67. The van der Waals surface area contributed by atoms with Crippen LogP contribution in [0.3, 0.4) is 0 Å². The molecule has 2 N–H and O–H groups in total.